The van der Waals surface area contributed by atoms with E-state index in [1.165, 1.54) is 0 Å². The SMILES string of the molecule is CNCC(C)CN/C(=C\[NH3+])SO. The van der Waals surface area contributed by atoms with Gasteiger partial charge < -0.3 is 20.9 Å². The first kappa shape index (κ1) is 11.8. The first-order valence-electron chi connectivity index (χ1n) is 3.93. The Kier molecular flexibility index (Phi) is 7.28. The summed E-state index contributed by atoms with van der Waals surface area (Å²) in [4.78, 5) is 0. The molecule has 0 radical (unpaired) electrons. The highest BCUT2D eigenvalue weighted by Gasteiger charge is 2.01. The van der Waals surface area contributed by atoms with Gasteiger partial charge >= 0.3 is 0 Å². The fraction of sp³-hybridized carbons (Fsp3) is 0.714. The van der Waals surface area contributed by atoms with E-state index in [-0.39, 0.29) is 0 Å². The molecule has 1 atom stereocenters. The maximum Gasteiger partial charge on any atom is 0.150 e. The number of rotatable bonds is 6. The predicted molar refractivity (Wildman–Crippen MR) is 52.3 cm³/mol. The van der Waals surface area contributed by atoms with Crippen LogP contribution in [0.2, 0.25) is 0 Å². The van der Waals surface area contributed by atoms with Gasteiger partial charge in [-0.1, -0.05) is 6.92 Å². The van der Waals surface area contributed by atoms with Crippen LogP contribution < -0.4 is 16.4 Å². The average molecular weight is 192 g/mol. The molecule has 1 unspecified atom stereocenters. The second-order valence-electron chi connectivity index (χ2n) is 2.70. The Bertz CT molecular complexity index is 141. The van der Waals surface area contributed by atoms with Gasteiger partial charge in [-0.05, 0) is 19.5 Å². The topological polar surface area (TPSA) is 71.9 Å². The van der Waals surface area contributed by atoms with E-state index in [2.05, 4.69) is 23.3 Å². The molecule has 0 saturated heterocycles. The van der Waals surface area contributed by atoms with E-state index in [1.807, 2.05) is 7.05 Å². The van der Waals surface area contributed by atoms with Crippen LogP contribution in [0.15, 0.2) is 11.2 Å². The highest BCUT2D eigenvalue weighted by atomic mass is 32.2. The number of hydrogen-bond donors (Lipinski definition) is 4. The third-order valence-electron chi connectivity index (χ3n) is 1.46. The van der Waals surface area contributed by atoms with Crippen LogP contribution in [-0.4, -0.2) is 24.7 Å². The molecule has 0 aromatic rings. The van der Waals surface area contributed by atoms with Gasteiger partial charge in [-0.2, -0.15) is 0 Å². The summed E-state index contributed by atoms with van der Waals surface area (Å²) in [5.74, 6) is 0.539. The van der Waals surface area contributed by atoms with Crippen LogP contribution in [0.25, 0.3) is 0 Å². The summed E-state index contributed by atoms with van der Waals surface area (Å²) in [5, 5.41) is 6.86. The molecule has 4 nitrogen and oxygen atoms in total. The molecular weight excluding hydrogens is 174 g/mol. The lowest BCUT2D eigenvalue weighted by atomic mass is 10.2. The smallest absolute Gasteiger partial charge is 0.150 e. The summed E-state index contributed by atoms with van der Waals surface area (Å²) in [5.41, 5.74) is 3.56. The van der Waals surface area contributed by atoms with Gasteiger partial charge in [0.1, 0.15) is 11.2 Å². The van der Waals surface area contributed by atoms with Crippen LogP contribution in [0.5, 0.6) is 0 Å². The first-order valence-corrected chi connectivity index (χ1v) is 4.71. The fourth-order valence-electron chi connectivity index (χ4n) is 0.837. The lowest BCUT2D eigenvalue weighted by Crippen LogP contribution is -2.41. The van der Waals surface area contributed by atoms with Crippen molar-refractivity contribution in [1.82, 2.24) is 10.6 Å². The van der Waals surface area contributed by atoms with E-state index in [1.54, 1.807) is 6.20 Å². The molecule has 0 aromatic carbocycles. The number of hydrogen-bond acceptors (Lipinski definition) is 4. The van der Waals surface area contributed by atoms with Crippen LogP contribution >= 0.6 is 12.0 Å². The normalized spacial score (nSPS) is 14.5. The fourth-order valence-corrected chi connectivity index (χ4v) is 1.06. The summed E-state index contributed by atoms with van der Waals surface area (Å²) in [6.45, 7) is 3.94. The summed E-state index contributed by atoms with van der Waals surface area (Å²) in [6, 6.07) is 0. The summed E-state index contributed by atoms with van der Waals surface area (Å²) < 4.78 is 8.70. The van der Waals surface area contributed by atoms with Gasteiger partial charge in [0.2, 0.25) is 0 Å². The molecule has 0 aliphatic heterocycles. The third-order valence-corrected chi connectivity index (χ3v) is 1.97. The average Bonchev–Trinajstić information content (AvgIpc) is 2.07. The Labute approximate surface area is 77.8 Å². The van der Waals surface area contributed by atoms with Crippen molar-refractivity contribution in [3.8, 4) is 0 Å². The van der Waals surface area contributed by atoms with Gasteiger partial charge in [-0.15, -0.1) is 0 Å². The van der Waals surface area contributed by atoms with Crippen molar-refractivity contribution in [2.24, 2.45) is 5.92 Å². The van der Waals surface area contributed by atoms with Crippen molar-refractivity contribution in [1.29, 1.82) is 0 Å². The summed E-state index contributed by atoms with van der Waals surface area (Å²) in [6.07, 6.45) is 1.61. The molecular formula is C7H18N3OS+. The van der Waals surface area contributed by atoms with Crippen LogP contribution in [0.3, 0.4) is 0 Å². The van der Waals surface area contributed by atoms with Crippen molar-refractivity contribution in [2.45, 2.75) is 6.92 Å². The maximum atomic E-state index is 8.70. The van der Waals surface area contributed by atoms with Gasteiger partial charge in [0.15, 0.2) is 0 Å². The Balaban J connectivity index is 3.52. The molecule has 0 aliphatic rings. The Morgan fingerprint density at radius 2 is 2.33 bits per heavy atom. The molecule has 0 bridgehead atoms. The van der Waals surface area contributed by atoms with Crippen molar-refractivity contribution in [3.63, 3.8) is 0 Å². The van der Waals surface area contributed by atoms with Crippen LogP contribution in [-0.2, 0) is 0 Å². The molecule has 0 aromatic heterocycles. The predicted octanol–water partition coefficient (Wildman–Crippen LogP) is -0.321. The molecule has 0 saturated carbocycles. The van der Waals surface area contributed by atoms with E-state index in [9.17, 15) is 0 Å². The molecule has 0 spiro atoms. The zero-order valence-electron chi connectivity index (χ0n) is 7.63. The quantitative estimate of drug-likeness (QED) is 0.435. The van der Waals surface area contributed by atoms with E-state index < -0.39 is 0 Å². The third kappa shape index (κ3) is 5.42. The number of nitrogens with one attached hydrogen (secondary N) is 2. The minimum atomic E-state index is 0.539. The highest BCUT2D eigenvalue weighted by Crippen LogP contribution is 2.04. The molecule has 6 N–H and O–H groups in total. The summed E-state index contributed by atoms with van der Waals surface area (Å²) >= 11 is 0.697. The van der Waals surface area contributed by atoms with E-state index in [0.29, 0.717) is 23.0 Å². The second kappa shape index (κ2) is 7.42. The number of quaternary nitrogens is 1. The standard InChI is InChI=1S/C7H17N3OS/c1-6(4-9-2)5-10-7(3-8)12-11/h3,6,9-11H,4-5,8H2,1-2H3/p+1/b7-3+. The zero-order chi connectivity index (χ0) is 9.40. The molecule has 0 aliphatic carbocycles. The van der Waals surface area contributed by atoms with E-state index >= 15 is 0 Å². The molecule has 5 heteroatoms. The summed E-state index contributed by atoms with van der Waals surface area (Å²) in [7, 11) is 1.93. The minimum Gasteiger partial charge on any atom is -0.373 e. The van der Waals surface area contributed by atoms with Gasteiger partial charge in [0, 0.05) is 18.6 Å². The molecule has 0 amide bonds. The molecule has 12 heavy (non-hydrogen) atoms. The van der Waals surface area contributed by atoms with Crippen molar-refractivity contribution < 1.29 is 10.3 Å². The Morgan fingerprint density at radius 3 is 2.75 bits per heavy atom. The largest absolute Gasteiger partial charge is 0.373 e. The van der Waals surface area contributed by atoms with Crippen molar-refractivity contribution in [2.75, 3.05) is 20.1 Å². The monoisotopic (exact) mass is 192 g/mol. The van der Waals surface area contributed by atoms with Gasteiger partial charge in [0.05, 0.1) is 0 Å². The lowest BCUT2D eigenvalue weighted by Gasteiger charge is -2.12. The van der Waals surface area contributed by atoms with Crippen LogP contribution in [0.1, 0.15) is 6.92 Å². The van der Waals surface area contributed by atoms with Gasteiger partial charge in [0.25, 0.3) is 0 Å². The van der Waals surface area contributed by atoms with E-state index in [4.69, 9.17) is 4.55 Å². The van der Waals surface area contributed by atoms with Crippen molar-refractivity contribution in [3.05, 3.63) is 11.2 Å². The van der Waals surface area contributed by atoms with Gasteiger partial charge in [-0.3, -0.25) is 0 Å². The van der Waals surface area contributed by atoms with Crippen molar-refractivity contribution >= 4 is 12.0 Å². The molecule has 72 valence electrons. The molecule has 0 rings (SSSR count). The first-order chi connectivity index (χ1) is 5.74. The highest BCUT2D eigenvalue weighted by molar-refractivity contribution is 7.97. The Hall–Kier alpha value is -0.230. The molecule has 0 fully saturated rings. The zero-order valence-corrected chi connectivity index (χ0v) is 8.45. The molecule has 0 heterocycles. The van der Waals surface area contributed by atoms with Crippen LogP contribution in [0, 0.1) is 5.92 Å². The minimum absolute atomic E-state index is 0.539. The van der Waals surface area contributed by atoms with Gasteiger partial charge in [-0.25, -0.2) is 0 Å². The van der Waals surface area contributed by atoms with E-state index in [0.717, 1.165) is 13.1 Å². The lowest BCUT2D eigenvalue weighted by molar-refractivity contribution is -0.275. The van der Waals surface area contributed by atoms with Crippen LogP contribution in [0.4, 0.5) is 0 Å². The maximum absolute atomic E-state index is 8.70. The second-order valence-corrected chi connectivity index (χ2v) is 3.33. The Morgan fingerprint density at radius 1 is 1.67 bits per heavy atom.